The van der Waals surface area contributed by atoms with Gasteiger partial charge in [-0.2, -0.15) is 4.98 Å². The third-order valence-electron chi connectivity index (χ3n) is 2.90. The van der Waals surface area contributed by atoms with E-state index in [1.807, 2.05) is 0 Å². The number of nitrogens with zero attached hydrogens (tertiary/aromatic N) is 2. The maximum Gasteiger partial charge on any atom is 0.349 e. The quantitative estimate of drug-likeness (QED) is 0.560. The van der Waals surface area contributed by atoms with Gasteiger partial charge >= 0.3 is 5.69 Å². The number of hydrogen-bond donors (Lipinski definition) is 2. The van der Waals surface area contributed by atoms with Crippen molar-refractivity contribution in [3.63, 3.8) is 0 Å². The van der Waals surface area contributed by atoms with Gasteiger partial charge < -0.3 is 9.67 Å². The van der Waals surface area contributed by atoms with E-state index in [0.29, 0.717) is 16.8 Å². The lowest BCUT2D eigenvalue weighted by molar-refractivity contribution is 0.476. The minimum absolute atomic E-state index is 0.117. The van der Waals surface area contributed by atoms with Crippen LogP contribution in [0.15, 0.2) is 33.9 Å². The second kappa shape index (κ2) is 3.43. The van der Waals surface area contributed by atoms with Crippen LogP contribution in [0.3, 0.4) is 0 Å². The first-order valence-electron chi connectivity index (χ1n) is 5.29. The molecule has 0 aliphatic carbocycles. The van der Waals surface area contributed by atoms with E-state index in [1.165, 1.54) is 0 Å². The van der Waals surface area contributed by atoms with Crippen LogP contribution in [0.1, 0.15) is 0 Å². The highest BCUT2D eigenvalue weighted by Crippen LogP contribution is 2.25. The van der Waals surface area contributed by atoms with E-state index in [2.05, 4.69) is 9.97 Å². The number of pyridine rings is 1. The van der Waals surface area contributed by atoms with Crippen LogP contribution < -0.4 is 11.2 Å². The summed E-state index contributed by atoms with van der Waals surface area (Å²) in [6.07, 6.45) is 0. The highest BCUT2D eigenvalue weighted by atomic mass is 16.3. The van der Waals surface area contributed by atoms with Crippen molar-refractivity contribution in [1.29, 1.82) is 0 Å². The number of aromatic amines is 1. The van der Waals surface area contributed by atoms with E-state index in [1.54, 1.807) is 35.9 Å². The number of rotatable bonds is 0. The fourth-order valence-electron chi connectivity index (χ4n) is 2.07. The number of aryl methyl sites for hydroxylation is 1. The van der Waals surface area contributed by atoms with Crippen molar-refractivity contribution in [2.75, 3.05) is 0 Å². The number of phenolic OH excluding ortho intramolecular Hbond substituents is 1. The summed E-state index contributed by atoms with van der Waals surface area (Å²) in [5, 5.41) is 10.2. The summed E-state index contributed by atoms with van der Waals surface area (Å²) < 4.78 is 1.65. The van der Waals surface area contributed by atoms with Crippen molar-refractivity contribution in [3.8, 4) is 17.1 Å². The third-order valence-corrected chi connectivity index (χ3v) is 2.90. The number of benzene rings is 1. The van der Waals surface area contributed by atoms with Crippen LogP contribution in [-0.2, 0) is 7.05 Å². The van der Waals surface area contributed by atoms with E-state index in [9.17, 15) is 14.7 Å². The van der Waals surface area contributed by atoms with Gasteiger partial charge in [0.1, 0.15) is 5.75 Å². The standard InChI is InChI=1S/C12H9N3O3/c1-15-9-3-2-7(16)4-6(9)5-8-10(15)13-12(18)14-11(8)17/h2-5,16H,1H3,(H,14,17,18). The molecular weight excluding hydrogens is 234 g/mol. The number of nitrogens with one attached hydrogen (secondary N) is 1. The molecule has 0 fully saturated rings. The van der Waals surface area contributed by atoms with E-state index in [-0.39, 0.29) is 5.75 Å². The molecule has 90 valence electrons. The second-order valence-electron chi connectivity index (χ2n) is 4.05. The molecule has 0 saturated carbocycles. The first-order valence-corrected chi connectivity index (χ1v) is 5.29. The second-order valence-corrected chi connectivity index (χ2v) is 4.05. The summed E-state index contributed by atoms with van der Waals surface area (Å²) >= 11 is 0. The minimum Gasteiger partial charge on any atom is -0.508 e. The number of aromatic hydroxyl groups is 1. The van der Waals surface area contributed by atoms with E-state index in [0.717, 1.165) is 5.52 Å². The van der Waals surface area contributed by atoms with Gasteiger partial charge in [0.15, 0.2) is 5.82 Å². The van der Waals surface area contributed by atoms with Crippen LogP contribution in [0.25, 0.3) is 22.3 Å². The van der Waals surface area contributed by atoms with Gasteiger partial charge in [0.25, 0.3) is 5.56 Å². The van der Waals surface area contributed by atoms with Crippen LogP contribution in [0.4, 0.5) is 0 Å². The fourth-order valence-corrected chi connectivity index (χ4v) is 2.07. The Morgan fingerprint density at radius 1 is 1.28 bits per heavy atom. The van der Waals surface area contributed by atoms with Crippen molar-refractivity contribution >= 4 is 10.9 Å². The maximum absolute atomic E-state index is 11.7. The van der Waals surface area contributed by atoms with Crippen LogP contribution >= 0.6 is 0 Å². The fraction of sp³-hybridized carbons (Fsp3) is 0.0833. The van der Waals surface area contributed by atoms with Gasteiger partial charge in [-0.15, -0.1) is 0 Å². The molecule has 2 aliphatic rings. The Morgan fingerprint density at radius 2 is 2.06 bits per heavy atom. The number of H-pyrrole nitrogens is 1. The Bertz CT molecular complexity index is 847. The molecular formula is C12H9N3O3. The van der Waals surface area contributed by atoms with Crippen molar-refractivity contribution in [2.45, 2.75) is 0 Å². The highest BCUT2D eigenvalue weighted by Gasteiger charge is 2.14. The molecule has 6 heteroatoms. The first kappa shape index (κ1) is 10.5. The molecule has 6 nitrogen and oxygen atoms in total. The lowest BCUT2D eigenvalue weighted by Gasteiger charge is -2.12. The molecule has 0 unspecified atom stereocenters. The molecule has 0 radical (unpaired) electrons. The summed E-state index contributed by atoms with van der Waals surface area (Å²) in [6.45, 7) is 0. The number of hydrogen-bond acceptors (Lipinski definition) is 4. The van der Waals surface area contributed by atoms with Crippen LogP contribution in [0.2, 0.25) is 0 Å². The zero-order valence-electron chi connectivity index (χ0n) is 9.47. The Labute approximate surface area is 101 Å². The highest BCUT2D eigenvalue weighted by molar-refractivity contribution is 5.86. The van der Waals surface area contributed by atoms with Gasteiger partial charge in [-0.25, -0.2) is 4.79 Å². The SMILES string of the molecule is Cn1c2nc(=O)[nH]c(=O)c-2cc2cc(O)ccc21. The predicted octanol–water partition coefficient (Wildman–Crippen LogP) is 0.432. The van der Waals surface area contributed by atoms with Crippen LogP contribution in [0, 0.1) is 0 Å². The Hall–Kier alpha value is -2.63. The zero-order chi connectivity index (χ0) is 12.9. The average molecular weight is 243 g/mol. The lowest BCUT2D eigenvalue weighted by Crippen LogP contribution is -2.27. The number of fused-ring (bicyclic) bond motifs is 2. The van der Waals surface area contributed by atoms with Crippen molar-refractivity contribution in [1.82, 2.24) is 14.5 Å². The summed E-state index contributed by atoms with van der Waals surface area (Å²) in [6, 6.07) is 6.41. The van der Waals surface area contributed by atoms with Gasteiger partial charge in [0.2, 0.25) is 0 Å². The molecule has 0 amide bonds. The summed E-state index contributed by atoms with van der Waals surface area (Å²) in [5.74, 6) is 0.439. The molecule has 2 heterocycles. The molecule has 0 atom stereocenters. The topological polar surface area (TPSA) is 88.0 Å². The number of aromatic nitrogens is 3. The Balaban J connectivity index is 2.61. The molecule has 18 heavy (non-hydrogen) atoms. The first-order chi connectivity index (χ1) is 8.56. The van der Waals surface area contributed by atoms with E-state index in [4.69, 9.17) is 0 Å². The molecule has 3 rings (SSSR count). The van der Waals surface area contributed by atoms with Crippen molar-refractivity contribution in [3.05, 3.63) is 45.1 Å². The molecule has 2 aliphatic heterocycles. The smallest absolute Gasteiger partial charge is 0.349 e. The number of phenols is 1. The minimum atomic E-state index is -0.666. The molecule has 2 N–H and O–H groups in total. The van der Waals surface area contributed by atoms with Gasteiger partial charge in [0, 0.05) is 18.0 Å². The Morgan fingerprint density at radius 3 is 2.83 bits per heavy atom. The zero-order valence-corrected chi connectivity index (χ0v) is 9.47. The summed E-state index contributed by atoms with van der Waals surface area (Å²) in [4.78, 5) is 28.9. The van der Waals surface area contributed by atoms with Gasteiger partial charge in [0.05, 0.1) is 5.56 Å². The van der Waals surface area contributed by atoms with Crippen LogP contribution in [-0.4, -0.2) is 19.6 Å². The molecule has 1 aromatic rings. The third kappa shape index (κ3) is 1.39. The normalized spacial score (nSPS) is 11.2. The maximum atomic E-state index is 11.7. The lowest BCUT2D eigenvalue weighted by atomic mass is 10.1. The summed E-state index contributed by atoms with van der Waals surface area (Å²) in [5.41, 5.74) is -0.0555. The average Bonchev–Trinajstić information content (AvgIpc) is 2.31. The molecule has 0 aromatic heterocycles. The molecule has 0 bridgehead atoms. The Kier molecular flexibility index (Phi) is 2.00. The molecule has 0 spiro atoms. The molecule has 1 aromatic carbocycles. The van der Waals surface area contributed by atoms with E-state index < -0.39 is 11.2 Å². The van der Waals surface area contributed by atoms with Crippen molar-refractivity contribution < 1.29 is 5.11 Å². The monoisotopic (exact) mass is 243 g/mol. The van der Waals surface area contributed by atoms with Crippen LogP contribution in [0.5, 0.6) is 5.75 Å². The summed E-state index contributed by atoms with van der Waals surface area (Å²) in [7, 11) is 1.72. The van der Waals surface area contributed by atoms with Crippen molar-refractivity contribution in [2.24, 2.45) is 7.05 Å². The van der Waals surface area contributed by atoms with Gasteiger partial charge in [-0.1, -0.05) is 0 Å². The molecule has 0 saturated heterocycles. The van der Waals surface area contributed by atoms with Gasteiger partial charge in [-0.3, -0.25) is 9.78 Å². The van der Waals surface area contributed by atoms with E-state index >= 15 is 0 Å². The van der Waals surface area contributed by atoms with Gasteiger partial charge in [-0.05, 0) is 24.3 Å². The largest absolute Gasteiger partial charge is 0.508 e. The predicted molar refractivity (Wildman–Crippen MR) is 65.9 cm³/mol.